The summed E-state index contributed by atoms with van der Waals surface area (Å²) in [7, 11) is 0. The quantitative estimate of drug-likeness (QED) is 0.795. The fourth-order valence-electron chi connectivity index (χ4n) is 3.74. The third-order valence-corrected chi connectivity index (χ3v) is 4.93. The number of aromatic nitrogens is 1. The first kappa shape index (κ1) is 14.1. The zero-order chi connectivity index (χ0) is 15.0. The second kappa shape index (κ2) is 5.14. The third kappa shape index (κ3) is 2.42. The Morgan fingerprint density at radius 3 is 2.90 bits per heavy atom. The second-order valence-electron chi connectivity index (χ2n) is 6.85. The van der Waals surface area contributed by atoms with Crippen LogP contribution in [0, 0.1) is 16.7 Å². The number of hydrogen-bond acceptors (Lipinski definition) is 3. The molecule has 21 heavy (non-hydrogen) atoms. The molecule has 1 aromatic rings. The Bertz CT molecular complexity index is 602. The van der Waals surface area contributed by atoms with Crippen molar-refractivity contribution in [1.29, 1.82) is 5.26 Å². The third-order valence-electron chi connectivity index (χ3n) is 4.93. The lowest BCUT2D eigenvalue weighted by atomic mass is 9.86. The molecule has 0 saturated carbocycles. The topological polar surface area (TPSA) is 57.0 Å². The van der Waals surface area contributed by atoms with Crippen LogP contribution in [0.25, 0.3) is 0 Å². The number of hydrogen-bond donors (Lipinski definition) is 0. The Kier molecular flexibility index (Phi) is 3.44. The molecule has 2 saturated heterocycles. The van der Waals surface area contributed by atoms with Crippen molar-refractivity contribution < 1.29 is 4.79 Å². The first-order valence-electron chi connectivity index (χ1n) is 7.71. The summed E-state index contributed by atoms with van der Waals surface area (Å²) in [6.45, 7) is 4.11. The van der Waals surface area contributed by atoms with Crippen molar-refractivity contribution in [2.45, 2.75) is 58.0 Å². The van der Waals surface area contributed by atoms with Crippen molar-refractivity contribution in [3.8, 4) is 6.07 Å². The lowest BCUT2D eigenvalue weighted by Crippen LogP contribution is -2.42. The predicted molar refractivity (Wildman–Crippen MR) is 79.2 cm³/mol. The normalized spacial score (nSPS) is 27.9. The van der Waals surface area contributed by atoms with Crippen LogP contribution in [0.4, 0.5) is 0 Å². The molecule has 2 aliphatic rings. The van der Waals surface area contributed by atoms with E-state index in [2.05, 4.69) is 29.8 Å². The second-order valence-corrected chi connectivity index (χ2v) is 6.85. The molecule has 1 unspecified atom stereocenters. The fraction of sp³-hybridized carbons (Fsp3) is 0.588. The van der Waals surface area contributed by atoms with Gasteiger partial charge in [0.25, 0.3) is 0 Å². The fourth-order valence-corrected chi connectivity index (χ4v) is 3.74. The summed E-state index contributed by atoms with van der Waals surface area (Å²) in [6, 6.07) is 4.46. The van der Waals surface area contributed by atoms with Gasteiger partial charge >= 0.3 is 0 Å². The average molecular weight is 283 g/mol. The molecule has 0 N–H and O–H groups in total. The first-order chi connectivity index (χ1) is 10.0. The van der Waals surface area contributed by atoms with Crippen molar-refractivity contribution >= 4 is 5.91 Å². The molecule has 110 valence electrons. The molecule has 3 rings (SSSR count). The molecule has 4 nitrogen and oxygen atoms in total. The van der Waals surface area contributed by atoms with Gasteiger partial charge in [-0.1, -0.05) is 20.3 Å². The largest absolute Gasteiger partial charge is 0.332 e. The van der Waals surface area contributed by atoms with E-state index < -0.39 is 0 Å². The Labute approximate surface area is 125 Å². The van der Waals surface area contributed by atoms with Gasteiger partial charge in [0, 0.05) is 23.9 Å². The smallest absolute Gasteiger partial charge is 0.228 e. The van der Waals surface area contributed by atoms with Gasteiger partial charge in [0.15, 0.2) is 0 Å². The van der Waals surface area contributed by atoms with Crippen molar-refractivity contribution in [3.05, 3.63) is 29.6 Å². The first-order valence-corrected chi connectivity index (χ1v) is 7.71. The minimum atomic E-state index is -0.280. The zero-order valence-electron chi connectivity index (χ0n) is 12.7. The van der Waals surface area contributed by atoms with Gasteiger partial charge in [-0.2, -0.15) is 5.26 Å². The average Bonchev–Trinajstić information content (AvgIpc) is 2.85. The maximum absolute atomic E-state index is 12.9. The molecule has 2 fully saturated rings. The molecule has 0 radical (unpaired) electrons. The standard InChI is InChI=1S/C17H21N3O/c1-17(2)7-3-4-14-5-6-15(20(14)16(17)21)13-8-12(9-18)10-19-11-13/h8,10-11,14-15H,3-7H2,1-2H3/t14?,15-/m0/s1. The summed E-state index contributed by atoms with van der Waals surface area (Å²) >= 11 is 0. The monoisotopic (exact) mass is 283 g/mol. The Balaban J connectivity index is 1.96. The van der Waals surface area contributed by atoms with Crippen LogP contribution in [0.15, 0.2) is 18.5 Å². The minimum Gasteiger partial charge on any atom is -0.332 e. The number of amides is 1. The van der Waals surface area contributed by atoms with Crippen LogP contribution in [0.3, 0.4) is 0 Å². The molecule has 0 spiro atoms. The van der Waals surface area contributed by atoms with E-state index in [9.17, 15) is 4.79 Å². The molecule has 0 aliphatic carbocycles. The SMILES string of the molecule is CC1(C)CCCC2CC[C@@H](c3cncc(C#N)c3)N2C1=O. The van der Waals surface area contributed by atoms with Gasteiger partial charge in [-0.05, 0) is 37.3 Å². The van der Waals surface area contributed by atoms with Gasteiger partial charge in [0.1, 0.15) is 6.07 Å². The van der Waals surface area contributed by atoms with E-state index in [0.717, 1.165) is 37.7 Å². The van der Waals surface area contributed by atoms with Crippen LogP contribution in [0.1, 0.15) is 63.1 Å². The number of rotatable bonds is 1. The van der Waals surface area contributed by atoms with E-state index in [1.807, 2.05) is 6.07 Å². The highest BCUT2D eigenvalue weighted by molar-refractivity contribution is 5.83. The van der Waals surface area contributed by atoms with Gasteiger partial charge in [-0.25, -0.2) is 0 Å². The summed E-state index contributed by atoms with van der Waals surface area (Å²) in [6.07, 6.45) is 8.58. The van der Waals surface area contributed by atoms with Gasteiger partial charge < -0.3 is 4.90 Å². The van der Waals surface area contributed by atoms with Crippen LogP contribution >= 0.6 is 0 Å². The van der Waals surface area contributed by atoms with Gasteiger partial charge in [0.05, 0.1) is 11.6 Å². The van der Waals surface area contributed by atoms with E-state index in [1.54, 1.807) is 12.4 Å². The van der Waals surface area contributed by atoms with Crippen molar-refractivity contribution in [1.82, 2.24) is 9.88 Å². The summed E-state index contributed by atoms with van der Waals surface area (Å²) in [4.78, 5) is 19.2. The number of nitrogens with zero attached hydrogens (tertiary/aromatic N) is 3. The van der Waals surface area contributed by atoms with Gasteiger partial charge in [0.2, 0.25) is 5.91 Å². The van der Waals surface area contributed by atoms with Crippen LogP contribution in [0.2, 0.25) is 0 Å². The van der Waals surface area contributed by atoms with E-state index in [0.29, 0.717) is 11.6 Å². The molecular formula is C17H21N3O. The Morgan fingerprint density at radius 1 is 1.33 bits per heavy atom. The van der Waals surface area contributed by atoms with Gasteiger partial charge in [-0.15, -0.1) is 0 Å². The highest BCUT2D eigenvalue weighted by Gasteiger charge is 2.45. The van der Waals surface area contributed by atoms with Crippen molar-refractivity contribution in [3.63, 3.8) is 0 Å². The molecule has 0 bridgehead atoms. The molecule has 2 aliphatic heterocycles. The summed E-state index contributed by atoms with van der Waals surface area (Å²) < 4.78 is 0. The highest BCUT2D eigenvalue weighted by atomic mass is 16.2. The summed E-state index contributed by atoms with van der Waals surface area (Å²) in [5.41, 5.74) is 1.29. The van der Waals surface area contributed by atoms with Gasteiger partial charge in [-0.3, -0.25) is 9.78 Å². The number of nitriles is 1. The van der Waals surface area contributed by atoms with E-state index in [4.69, 9.17) is 5.26 Å². The van der Waals surface area contributed by atoms with E-state index in [1.165, 1.54) is 0 Å². The lowest BCUT2D eigenvalue weighted by Gasteiger charge is -2.34. The zero-order valence-corrected chi connectivity index (χ0v) is 12.7. The molecule has 4 heteroatoms. The molecule has 2 atom stereocenters. The number of fused-ring (bicyclic) bond motifs is 1. The number of pyridine rings is 1. The highest BCUT2D eigenvalue weighted by Crippen LogP contribution is 2.44. The van der Waals surface area contributed by atoms with Crippen LogP contribution < -0.4 is 0 Å². The Morgan fingerprint density at radius 2 is 2.14 bits per heavy atom. The van der Waals surface area contributed by atoms with Crippen molar-refractivity contribution in [2.24, 2.45) is 5.41 Å². The molecule has 1 amide bonds. The van der Waals surface area contributed by atoms with Crippen LogP contribution in [0.5, 0.6) is 0 Å². The molecular weight excluding hydrogens is 262 g/mol. The number of carbonyl (C=O) groups is 1. The van der Waals surface area contributed by atoms with E-state index in [-0.39, 0.29) is 17.4 Å². The molecule has 3 heterocycles. The molecule has 0 aromatic carbocycles. The van der Waals surface area contributed by atoms with Crippen LogP contribution in [-0.2, 0) is 4.79 Å². The number of carbonyl (C=O) groups excluding carboxylic acids is 1. The predicted octanol–water partition coefficient (Wildman–Crippen LogP) is 3.20. The molecule has 1 aromatic heterocycles. The summed E-state index contributed by atoms with van der Waals surface area (Å²) in [5, 5.41) is 9.05. The van der Waals surface area contributed by atoms with E-state index >= 15 is 0 Å². The maximum Gasteiger partial charge on any atom is 0.228 e. The summed E-state index contributed by atoms with van der Waals surface area (Å²) in [5.74, 6) is 0.259. The maximum atomic E-state index is 12.9. The Hall–Kier alpha value is -1.89. The minimum absolute atomic E-state index is 0.0840. The van der Waals surface area contributed by atoms with Crippen LogP contribution in [-0.4, -0.2) is 21.8 Å². The van der Waals surface area contributed by atoms with Crippen molar-refractivity contribution in [2.75, 3.05) is 0 Å². The lowest BCUT2D eigenvalue weighted by molar-refractivity contribution is -0.142.